The molecule has 0 aliphatic rings. The van der Waals surface area contributed by atoms with E-state index in [1.165, 1.54) is 12.4 Å². The molecule has 4 nitrogen and oxygen atoms in total. The van der Waals surface area contributed by atoms with Crippen molar-refractivity contribution in [3.05, 3.63) is 49.6 Å². The van der Waals surface area contributed by atoms with Crippen LogP contribution >= 0.6 is 22.6 Å². The zero-order valence-electron chi connectivity index (χ0n) is 10.2. The van der Waals surface area contributed by atoms with Gasteiger partial charge in [0.15, 0.2) is 5.82 Å². The van der Waals surface area contributed by atoms with Crippen LogP contribution < -0.4 is 10.9 Å². The molecule has 0 aliphatic heterocycles. The smallest absolute Gasteiger partial charge is 0.339 e. The third kappa shape index (κ3) is 3.11. The minimum absolute atomic E-state index is 0.219. The predicted molar refractivity (Wildman–Crippen MR) is 77.0 cm³/mol. The second kappa shape index (κ2) is 5.43. The zero-order valence-corrected chi connectivity index (χ0v) is 12.3. The van der Waals surface area contributed by atoms with Crippen molar-refractivity contribution in [2.75, 3.05) is 5.32 Å². The number of hydrogen-bond donors (Lipinski definition) is 2. The van der Waals surface area contributed by atoms with Crippen molar-refractivity contribution in [1.82, 2.24) is 9.97 Å². The van der Waals surface area contributed by atoms with Crippen molar-refractivity contribution >= 4 is 34.1 Å². The summed E-state index contributed by atoms with van der Waals surface area (Å²) in [5.41, 5.74) is -0.232. The SMILES string of the molecule is Cc1ccc(C(F)(F)F)cc1Nc1nc[nH]c(=O)c1I. The lowest BCUT2D eigenvalue weighted by Gasteiger charge is -2.13. The van der Waals surface area contributed by atoms with Crippen molar-refractivity contribution in [1.29, 1.82) is 0 Å². The first kappa shape index (κ1) is 14.8. The zero-order chi connectivity index (χ0) is 14.9. The highest BCUT2D eigenvalue weighted by molar-refractivity contribution is 14.1. The summed E-state index contributed by atoms with van der Waals surface area (Å²) in [5.74, 6) is 0.219. The van der Waals surface area contributed by atoms with Crippen LogP contribution in [0.5, 0.6) is 0 Å². The molecule has 1 heterocycles. The third-order valence-corrected chi connectivity index (χ3v) is 3.62. The Hall–Kier alpha value is -1.58. The Bertz CT molecular complexity index is 697. The maximum atomic E-state index is 12.7. The van der Waals surface area contributed by atoms with Crippen LogP contribution in [0.25, 0.3) is 0 Å². The predicted octanol–water partition coefficient (Wildman–Crippen LogP) is 3.45. The lowest BCUT2D eigenvalue weighted by atomic mass is 10.1. The van der Waals surface area contributed by atoms with Crippen LogP contribution in [-0.2, 0) is 6.18 Å². The number of H-pyrrole nitrogens is 1. The van der Waals surface area contributed by atoms with Gasteiger partial charge in [0.2, 0.25) is 0 Å². The fourth-order valence-electron chi connectivity index (χ4n) is 1.53. The summed E-state index contributed by atoms with van der Waals surface area (Å²) in [6.45, 7) is 1.67. The summed E-state index contributed by atoms with van der Waals surface area (Å²) in [6, 6.07) is 3.37. The van der Waals surface area contributed by atoms with Crippen LogP contribution in [0.1, 0.15) is 11.1 Å². The number of hydrogen-bond acceptors (Lipinski definition) is 3. The first-order valence-electron chi connectivity index (χ1n) is 5.47. The topological polar surface area (TPSA) is 57.8 Å². The van der Waals surface area contributed by atoms with E-state index in [1.54, 1.807) is 29.5 Å². The number of anilines is 2. The maximum absolute atomic E-state index is 12.7. The van der Waals surface area contributed by atoms with Gasteiger partial charge in [0, 0.05) is 5.69 Å². The molecule has 106 valence electrons. The van der Waals surface area contributed by atoms with Gasteiger partial charge in [-0.05, 0) is 47.2 Å². The standard InChI is InChI=1S/C12H9F3IN3O/c1-6-2-3-7(12(13,14)15)4-8(6)19-10-9(16)11(20)18-5-17-10/h2-5H,1H3,(H2,17,18,19,20). The number of aromatic amines is 1. The Morgan fingerprint density at radius 1 is 1.35 bits per heavy atom. The van der Waals surface area contributed by atoms with E-state index in [2.05, 4.69) is 15.3 Å². The van der Waals surface area contributed by atoms with Gasteiger partial charge in [-0.1, -0.05) is 6.07 Å². The lowest BCUT2D eigenvalue weighted by Crippen LogP contribution is -2.13. The van der Waals surface area contributed by atoms with Crippen LogP contribution in [0.15, 0.2) is 29.3 Å². The molecule has 0 saturated heterocycles. The summed E-state index contributed by atoms with van der Waals surface area (Å²) in [4.78, 5) is 17.7. The molecule has 0 radical (unpaired) electrons. The third-order valence-electron chi connectivity index (χ3n) is 2.61. The van der Waals surface area contributed by atoms with Gasteiger partial charge in [-0.3, -0.25) is 4.79 Å². The molecule has 1 aromatic carbocycles. The Labute approximate surface area is 125 Å². The highest BCUT2D eigenvalue weighted by atomic mass is 127. The van der Waals surface area contributed by atoms with E-state index in [0.29, 0.717) is 5.56 Å². The Morgan fingerprint density at radius 3 is 2.70 bits per heavy atom. The molecule has 2 aromatic rings. The van der Waals surface area contributed by atoms with E-state index in [-0.39, 0.29) is 20.6 Å². The maximum Gasteiger partial charge on any atom is 0.416 e. The van der Waals surface area contributed by atoms with Crippen molar-refractivity contribution in [2.45, 2.75) is 13.1 Å². The molecular weight excluding hydrogens is 386 g/mol. The molecule has 0 amide bonds. The van der Waals surface area contributed by atoms with Gasteiger partial charge in [0.05, 0.1) is 11.9 Å². The van der Waals surface area contributed by atoms with E-state index in [1.807, 2.05) is 0 Å². The summed E-state index contributed by atoms with van der Waals surface area (Å²) < 4.78 is 38.3. The number of nitrogens with one attached hydrogen (secondary N) is 2. The van der Waals surface area contributed by atoms with Gasteiger partial charge in [0.1, 0.15) is 3.57 Å². The summed E-state index contributed by atoms with van der Waals surface area (Å²) >= 11 is 1.78. The fraction of sp³-hybridized carbons (Fsp3) is 0.167. The van der Waals surface area contributed by atoms with Crippen LogP contribution in [0, 0.1) is 10.5 Å². The van der Waals surface area contributed by atoms with Gasteiger partial charge in [-0.2, -0.15) is 13.2 Å². The van der Waals surface area contributed by atoms with E-state index in [9.17, 15) is 18.0 Å². The number of benzene rings is 1. The summed E-state index contributed by atoms with van der Waals surface area (Å²) in [7, 11) is 0. The number of nitrogens with zero attached hydrogens (tertiary/aromatic N) is 1. The van der Waals surface area contributed by atoms with Gasteiger partial charge < -0.3 is 10.3 Å². The van der Waals surface area contributed by atoms with Crippen molar-refractivity contribution < 1.29 is 13.2 Å². The van der Waals surface area contributed by atoms with E-state index in [0.717, 1.165) is 12.1 Å². The molecule has 8 heteroatoms. The van der Waals surface area contributed by atoms with Gasteiger partial charge in [0.25, 0.3) is 5.56 Å². The van der Waals surface area contributed by atoms with Crippen LogP contribution in [0.4, 0.5) is 24.7 Å². The minimum Gasteiger partial charge on any atom is -0.339 e. The molecule has 0 spiro atoms. The molecule has 0 aliphatic carbocycles. The van der Waals surface area contributed by atoms with Crippen LogP contribution in [0.2, 0.25) is 0 Å². The average Bonchev–Trinajstić information content (AvgIpc) is 2.36. The Balaban J connectivity index is 2.43. The number of aromatic nitrogens is 2. The van der Waals surface area contributed by atoms with Gasteiger partial charge >= 0.3 is 6.18 Å². The molecule has 2 rings (SSSR count). The average molecular weight is 395 g/mol. The number of aryl methyl sites for hydroxylation is 1. The molecule has 1 aromatic heterocycles. The van der Waals surface area contributed by atoms with Gasteiger partial charge in [-0.25, -0.2) is 4.98 Å². The molecule has 0 unspecified atom stereocenters. The molecule has 0 atom stereocenters. The van der Waals surface area contributed by atoms with E-state index in [4.69, 9.17) is 0 Å². The highest BCUT2D eigenvalue weighted by Crippen LogP contribution is 2.33. The molecule has 20 heavy (non-hydrogen) atoms. The van der Waals surface area contributed by atoms with Crippen LogP contribution in [0.3, 0.4) is 0 Å². The van der Waals surface area contributed by atoms with E-state index < -0.39 is 11.7 Å². The monoisotopic (exact) mass is 395 g/mol. The second-order valence-electron chi connectivity index (χ2n) is 4.05. The number of alkyl halides is 3. The lowest BCUT2D eigenvalue weighted by molar-refractivity contribution is -0.137. The fourth-order valence-corrected chi connectivity index (χ4v) is 1.96. The largest absolute Gasteiger partial charge is 0.416 e. The van der Waals surface area contributed by atoms with Crippen molar-refractivity contribution in [2.24, 2.45) is 0 Å². The van der Waals surface area contributed by atoms with Crippen molar-refractivity contribution in [3.8, 4) is 0 Å². The van der Waals surface area contributed by atoms with Crippen LogP contribution in [-0.4, -0.2) is 9.97 Å². The quantitative estimate of drug-likeness (QED) is 0.767. The molecular formula is C12H9F3IN3O. The molecule has 0 fully saturated rings. The Morgan fingerprint density at radius 2 is 2.05 bits per heavy atom. The highest BCUT2D eigenvalue weighted by Gasteiger charge is 2.30. The Kier molecular flexibility index (Phi) is 4.02. The molecule has 0 saturated carbocycles. The van der Waals surface area contributed by atoms with E-state index >= 15 is 0 Å². The summed E-state index contributed by atoms with van der Waals surface area (Å²) in [5, 5.41) is 2.76. The van der Waals surface area contributed by atoms with Gasteiger partial charge in [-0.15, -0.1) is 0 Å². The normalized spacial score (nSPS) is 11.4. The first-order chi connectivity index (χ1) is 9.29. The summed E-state index contributed by atoms with van der Waals surface area (Å²) in [6.07, 6.45) is -3.23. The number of halogens is 4. The molecule has 2 N–H and O–H groups in total. The molecule has 0 bridgehead atoms. The minimum atomic E-state index is -4.42. The number of rotatable bonds is 2. The first-order valence-corrected chi connectivity index (χ1v) is 6.55. The second-order valence-corrected chi connectivity index (χ2v) is 5.13. The van der Waals surface area contributed by atoms with Crippen molar-refractivity contribution in [3.63, 3.8) is 0 Å².